The third-order valence-electron chi connectivity index (χ3n) is 7.42. The first-order valence-electron chi connectivity index (χ1n) is 11.3. The molecule has 3 aliphatic rings. The van der Waals surface area contributed by atoms with E-state index in [9.17, 15) is 18.3 Å². The zero-order valence-corrected chi connectivity index (χ0v) is 20.0. The van der Waals surface area contributed by atoms with Crippen LogP contribution in [0.3, 0.4) is 0 Å². The number of aliphatic hydroxyl groups excluding tert-OH is 1. The summed E-state index contributed by atoms with van der Waals surface area (Å²) in [7, 11) is -3.63. The number of esters is 1. The molecule has 11 nitrogen and oxygen atoms in total. The van der Waals surface area contributed by atoms with Gasteiger partial charge in [-0.2, -0.15) is 4.31 Å². The summed E-state index contributed by atoms with van der Waals surface area (Å²) in [5.41, 5.74) is 4.50. The lowest BCUT2D eigenvalue weighted by Crippen LogP contribution is -2.79. The summed E-state index contributed by atoms with van der Waals surface area (Å²) in [4.78, 5) is 14.1. The largest absolute Gasteiger partial charge is 0.457 e. The number of rotatable bonds is 6. The van der Waals surface area contributed by atoms with Crippen LogP contribution >= 0.6 is 0 Å². The Labute approximate surface area is 202 Å². The molecule has 0 spiro atoms. The van der Waals surface area contributed by atoms with Gasteiger partial charge >= 0.3 is 5.97 Å². The van der Waals surface area contributed by atoms with Gasteiger partial charge in [-0.05, 0) is 65.2 Å². The number of ether oxygens (including phenoxy) is 1. The molecule has 1 aromatic heterocycles. The molecule has 2 aromatic carbocycles. The maximum Gasteiger partial charge on any atom is 0.338 e. The summed E-state index contributed by atoms with van der Waals surface area (Å²) in [5.74, 6) is -0.328. The summed E-state index contributed by atoms with van der Waals surface area (Å²) in [6.45, 7) is 5.31. The number of likely N-dealkylation sites (tertiary alicyclic amines) is 1. The standard InChI is InChI=1S/C23H24N6O5S/c1-13-7-15(3-6-19(13)28-12-24-25-26-28)35(32,33)29-9-20-21(29)8-27(20)10-22(30)16-4-5-17-18(14(16)2)11-34-23(17)31/h3-7,12,20-22,30H,8-11H2,1-2H3/t20?,21-,22+/m1/s1. The molecule has 182 valence electrons. The van der Waals surface area contributed by atoms with Crippen LogP contribution in [0.4, 0.5) is 0 Å². The fourth-order valence-corrected chi connectivity index (χ4v) is 7.04. The molecule has 1 N–H and O–H groups in total. The monoisotopic (exact) mass is 496 g/mol. The Bertz CT molecular complexity index is 1440. The highest BCUT2D eigenvalue weighted by Gasteiger charge is 2.56. The Morgan fingerprint density at radius 2 is 2.00 bits per heavy atom. The molecule has 3 atom stereocenters. The number of piperazine rings is 1. The van der Waals surface area contributed by atoms with E-state index in [1.54, 1.807) is 30.3 Å². The number of hydrogen-bond acceptors (Lipinski definition) is 9. The number of carbonyl (C=O) groups excluding carboxylic acids is 1. The second-order valence-electron chi connectivity index (χ2n) is 9.26. The van der Waals surface area contributed by atoms with E-state index in [0.29, 0.717) is 25.2 Å². The molecule has 12 heteroatoms. The SMILES string of the molecule is Cc1cc(S(=O)(=O)N2CC3[C@H]2CN3C[C@H](O)c2ccc3c(c2C)COC3=O)ccc1-n1cnnn1. The second kappa shape index (κ2) is 7.92. The molecular weight excluding hydrogens is 472 g/mol. The fraction of sp³-hybridized carbons (Fsp3) is 0.391. The molecule has 3 aromatic rings. The number of aromatic nitrogens is 4. The first kappa shape index (κ1) is 22.3. The van der Waals surface area contributed by atoms with E-state index in [1.807, 2.05) is 13.8 Å². The average Bonchev–Trinajstić information content (AvgIpc) is 3.47. The third kappa shape index (κ3) is 3.39. The van der Waals surface area contributed by atoms with Crippen LogP contribution in [0.2, 0.25) is 0 Å². The van der Waals surface area contributed by atoms with Gasteiger partial charge in [-0.15, -0.1) is 5.10 Å². The highest BCUT2D eigenvalue weighted by Crippen LogP contribution is 2.39. The van der Waals surface area contributed by atoms with Gasteiger partial charge in [0.2, 0.25) is 10.0 Å². The van der Waals surface area contributed by atoms with E-state index < -0.39 is 16.1 Å². The second-order valence-corrected chi connectivity index (χ2v) is 11.2. The molecule has 0 radical (unpaired) electrons. The summed E-state index contributed by atoms with van der Waals surface area (Å²) in [6.07, 6.45) is 0.731. The van der Waals surface area contributed by atoms with E-state index in [4.69, 9.17) is 4.74 Å². The Morgan fingerprint density at radius 1 is 1.17 bits per heavy atom. The van der Waals surface area contributed by atoms with Crippen LogP contribution in [0.5, 0.6) is 0 Å². The number of aliphatic hydroxyl groups is 1. The lowest BCUT2D eigenvalue weighted by Gasteiger charge is -2.61. The number of carbonyl (C=O) groups is 1. The van der Waals surface area contributed by atoms with Crippen LogP contribution in [-0.4, -0.2) is 80.6 Å². The summed E-state index contributed by atoms with van der Waals surface area (Å²) >= 11 is 0. The molecule has 0 bridgehead atoms. The van der Waals surface area contributed by atoms with Gasteiger partial charge in [-0.1, -0.05) is 6.07 Å². The highest BCUT2D eigenvalue weighted by atomic mass is 32.2. The van der Waals surface area contributed by atoms with Gasteiger partial charge in [-0.25, -0.2) is 17.9 Å². The summed E-state index contributed by atoms with van der Waals surface area (Å²) < 4.78 is 34.6. The van der Waals surface area contributed by atoms with Gasteiger partial charge < -0.3 is 9.84 Å². The Hall–Kier alpha value is -3.19. The zero-order chi connectivity index (χ0) is 24.5. The van der Waals surface area contributed by atoms with Crippen molar-refractivity contribution >= 4 is 16.0 Å². The van der Waals surface area contributed by atoms with Crippen molar-refractivity contribution in [3.8, 4) is 5.69 Å². The summed E-state index contributed by atoms with van der Waals surface area (Å²) in [5, 5.41) is 22.0. The number of benzene rings is 2. The minimum Gasteiger partial charge on any atom is -0.457 e. The predicted molar refractivity (Wildman–Crippen MR) is 122 cm³/mol. The van der Waals surface area contributed by atoms with Gasteiger partial charge in [0.15, 0.2) is 0 Å². The van der Waals surface area contributed by atoms with Gasteiger partial charge in [0.1, 0.15) is 12.9 Å². The molecule has 2 fully saturated rings. The van der Waals surface area contributed by atoms with Crippen molar-refractivity contribution in [3.05, 3.63) is 64.5 Å². The number of tetrazole rings is 1. The topological polar surface area (TPSA) is 131 Å². The van der Waals surface area contributed by atoms with Crippen LogP contribution < -0.4 is 0 Å². The number of cyclic esters (lactones) is 1. The normalized spacial score (nSPS) is 22.7. The summed E-state index contributed by atoms with van der Waals surface area (Å²) in [6, 6.07) is 8.40. The third-order valence-corrected chi connectivity index (χ3v) is 9.30. The molecule has 1 unspecified atom stereocenters. The fourth-order valence-electron chi connectivity index (χ4n) is 5.29. The quantitative estimate of drug-likeness (QED) is 0.491. The Kier molecular flexibility index (Phi) is 5.04. The number of sulfonamides is 1. The first-order valence-corrected chi connectivity index (χ1v) is 12.8. The van der Waals surface area contributed by atoms with Crippen molar-refractivity contribution in [2.24, 2.45) is 0 Å². The van der Waals surface area contributed by atoms with E-state index >= 15 is 0 Å². The molecule has 2 saturated heterocycles. The van der Waals surface area contributed by atoms with Crippen LogP contribution in [0.15, 0.2) is 41.6 Å². The van der Waals surface area contributed by atoms with E-state index in [0.717, 1.165) is 27.9 Å². The minimum atomic E-state index is -3.63. The highest BCUT2D eigenvalue weighted by molar-refractivity contribution is 7.89. The van der Waals surface area contributed by atoms with Crippen molar-refractivity contribution in [3.63, 3.8) is 0 Å². The number of fused-ring (bicyclic) bond motifs is 2. The van der Waals surface area contributed by atoms with Crippen molar-refractivity contribution in [2.75, 3.05) is 19.6 Å². The van der Waals surface area contributed by atoms with Crippen molar-refractivity contribution in [1.82, 2.24) is 29.4 Å². The molecule has 6 rings (SSSR count). The van der Waals surface area contributed by atoms with E-state index in [2.05, 4.69) is 20.4 Å². The molecule has 35 heavy (non-hydrogen) atoms. The number of aryl methyl sites for hydroxylation is 1. The van der Waals surface area contributed by atoms with E-state index in [-0.39, 0.29) is 29.6 Å². The lowest BCUT2D eigenvalue weighted by atomic mass is 9.87. The molecule has 0 aliphatic carbocycles. The number of nitrogens with zero attached hydrogens (tertiary/aromatic N) is 6. The predicted octanol–water partition coefficient (Wildman–Crippen LogP) is 0.740. The van der Waals surface area contributed by atoms with E-state index in [1.165, 1.54) is 15.3 Å². The molecule has 4 heterocycles. The van der Waals surface area contributed by atoms with Crippen LogP contribution in [0, 0.1) is 13.8 Å². The lowest BCUT2D eigenvalue weighted by molar-refractivity contribution is -0.0950. The molecular formula is C23H24N6O5S. The van der Waals surface area contributed by atoms with Gasteiger partial charge in [0.25, 0.3) is 0 Å². The smallest absolute Gasteiger partial charge is 0.338 e. The Balaban J connectivity index is 1.12. The average molecular weight is 497 g/mol. The van der Waals surface area contributed by atoms with Gasteiger partial charge in [-0.3, -0.25) is 4.90 Å². The van der Waals surface area contributed by atoms with Crippen LogP contribution in [0.1, 0.15) is 38.7 Å². The molecule has 3 aliphatic heterocycles. The Morgan fingerprint density at radius 3 is 2.69 bits per heavy atom. The van der Waals surface area contributed by atoms with Gasteiger partial charge in [0, 0.05) is 31.2 Å². The van der Waals surface area contributed by atoms with Crippen LogP contribution in [0.25, 0.3) is 5.69 Å². The maximum atomic E-state index is 13.3. The molecule has 0 amide bonds. The maximum absolute atomic E-state index is 13.3. The molecule has 0 saturated carbocycles. The van der Waals surface area contributed by atoms with Crippen LogP contribution in [-0.2, 0) is 21.4 Å². The van der Waals surface area contributed by atoms with Crippen molar-refractivity contribution < 1.29 is 23.1 Å². The minimum absolute atomic E-state index is 0.0839. The number of β-amino-alcohol motifs (C(OH)–C–C–N with tert-alkyl or cyclic N) is 1. The first-order chi connectivity index (χ1) is 16.8. The number of hydrogen-bond donors (Lipinski definition) is 1. The van der Waals surface area contributed by atoms with Gasteiger partial charge in [0.05, 0.1) is 28.3 Å². The van der Waals surface area contributed by atoms with Crippen molar-refractivity contribution in [2.45, 2.75) is 43.5 Å². The van der Waals surface area contributed by atoms with Crippen molar-refractivity contribution in [1.29, 1.82) is 0 Å². The zero-order valence-electron chi connectivity index (χ0n) is 19.2.